The summed E-state index contributed by atoms with van der Waals surface area (Å²) in [5.74, 6) is 2.55. The highest BCUT2D eigenvalue weighted by molar-refractivity contribution is 4.87. The van der Waals surface area contributed by atoms with Crippen LogP contribution in [0, 0.1) is 17.8 Å². The minimum absolute atomic E-state index is 0.271. The zero-order valence-corrected chi connectivity index (χ0v) is 8.31. The van der Waals surface area contributed by atoms with E-state index in [1.54, 1.807) is 7.11 Å². The van der Waals surface area contributed by atoms with Crippen molar-refractivity contribution in [3.63, 3.8) is 0 Å². The number of ether oxygens (including phenoxy) is 1. The lowest BCUT2D eigenvalue weighted by atomic mass is 9.90. The van der Waals surface area contributed by atoms with E-state index in [0.29, 0.717) is 6.54 Å². The van der Waals surface area contributed by atoms with Gasteiger partial charge in [-0.2, -0.15) is 0 Å². The zero-order valence-electron chi connectivity index (χ0n) is 8.31. The molecule has 0 aromatic heterocycles. The fraction of sp³-hybridized carbons (Fsp3) is 0.800. The first-order valence-corrected chi connectivity index (χ1v) is 4.25. The van der Waals surface area contributed by atoms with Gasteiger partial charge in [0.25, 0.3) is 0 Å². The van der Waals surface area contributed by atoms with Gasteiger partial charge < -0.3 is 10.1 Å². The van der Waals surface area contributed by atoms with Crippen LogP contribution in [0.25, 0.3) is 0 Å². The van der Waals surface area contributed by atoms with Crippen LogP contribution in [0.3, 0.4) is 0 Å². The Morgan fingerprint density at radius 1 is 1.50 bits per heavy atom. The van der Waals surface area contributed by atoms with Gasteiger partial charge in [-0.3, -0.25) is 0 Å². The first-order chi connectivity index (χ1) is 5.62. The maximum atomic E-state index is 5.12. The lowest BCUT2D eigenvalue weighted by Gasteiger charge is -2.23. The predicted octanol–water partition coefficient (Wildman–Crippen LogP) is 1.27. The van der Waals surface area contributed by atoms with Crippen LogP contribution in [0.4, 0.5) is 0 Å². The lowest BCUT2D eigenvalue weighted by molar-refractivity contribution is 0.151. The van der Waals surface area contributed by atoms with Crippen molar-refractivity contribution >= 4 is 0 Å². The molecule has 0 unspecified atom stereocenters. The van der Waals surface area contributed by atoms with Crippen LogP contribution in [0.5, 0.6) is 0 Å². The van der Waals surface area contributed by atoms with Gasteiger partial charge in [-0.15, -0.1) is 6.42 Å². The van der Waals surface area contributed by atoms with Gasteiger partial charge in [-0.1, -0.05) is 19.8 Å². The van der Waals surface area contributed by atoms with Gasteiger partial charge in [0.1, 0.15) is 0 Å². The van der Waals surface area contributed by atoms with E-state index < -0.39 is 0 Å². The first-order valence-electron chi connectivity index (χ1n) is 4.25. The van der Waals surface area contributed by atoms with Crippen molar-refractivity contribution in [2.24, 2.45) is 5.41 Å². The van der Waals surface area contributed by atoms with Crippen molar-refractivity contribution in [3.8, 4) is 12.3 Å². The molecule has 2 heteroatoms. The smallest absolute Gasteiger partial charge is 0.0574 e. The molecule has 0 heterocycles. The summed E-state index contributed by atoms with van der Waals surface area (Å²) < 4.78 is 5.02. The van der Waals surface area contributed by atoms with Crippen LogP contribution in [-0.4, -0.2) is 26.8 Å². The van der Waals surface area contributed by atoms with Crippen molar-refractivity contribution in [3.05, 3.63) is 0 Å². The standard InChI is InChI=1S/C10H19NO/c1-5-7-11-9-10(2,3)6-8-12-4/h1,11H,6-9H2,2-4H3. The van der Waals surface area contributed by atoms with Crippen molar-refractivity contribution in [1.82, 2.24) is 5.32 Å². The molecule has 0 fully saturated rings. The van der Waals surface area contributed by atoms with Crippen molar-refractivity contribution in [2.75, 3.05) is 26.8 Å². The van der Waals surface area contributed by atoms with Crippen LogP contribution in [0.1, 0.15) is 20.3 Å². The summed E-state index contributed by atoms with van der Waals surface area (Å²) in [6.07, 6.45) is 6.18. The molecule has 70 valence electrons. The Labute approximate surface area is 75.7 Å². The van der Waals surface area contributed by atoms with Gasteiger partial charge in [-0.25, -0.2) is 0 Å². The molecule has 0 atom stereocenters. The number of methoxy groups -OCH3 is 1. The SMILES string of the molecule is C#CCNCC(C)(C)CCOC. The minimum Gasteiger partial charge on any atom is -0.385 e. The normalized spacial score (nSPS) is 11.2. The molecule has 0 saturated carbocycles. The zero-order chi connectivity index (χ0) is 9.45. The third-order valence-electron chi connectivity index (χ3n) is 1.81. The minimum atomic E-state index is 0.271. The van der Waals surface area contributed by atoms with Crippen LogP contribution in [0.15, 0.2) is 0 Å². The summed E-state index contributed by atoms with van der Waals surface area (Å²) in [6.45, 7) is 6.81. The molecule has 0 spiro atoms. The van der Waals surface area contributed by atoms with Crippen molar-refractivity contribution in [1.29, 1.82) is 0 Å². The van der Waals surface area contributed by atoms with E-state index in [2.05, 4.69) is 25.1 Å². The summed E-state index contributed by atoms with van der Waals surface area (Å²) >= 11 is 0. The van der Waals surface area contributed by atoms with Crippen LogP contribution in [0.2, 0.25) is 0 Å². The molecule has 12 heavy (non-hydrogen) atoms. The number of hydrogen-bond acceptors (Lipinski definition) is 2. The van der Waals surface area contributed by atoms with Crippen LogP contribution in [-0.2, 0) is 4.74 Å². The molecule has 0 amide bonds. The molecular formula is C10H19NO. The first kappa shape index (κ1) is 11.5. The maximum Gasteiger partial charge on any atom is 0.0574 e. The Morgan fingerprint density at radius 3 is 2.67 bits per heavy atom. The molecule has 0 aliphatic carbocycles. The van der Waals surface area contributed by atoms with Gasteiger partial charge in [0.15, 0.2) is 0 Å². The van der Waals surface area contributed by atoms with E-state index in [-0.39, 0.29) is 5.41 Å². The Bertz CT molecular complexity index is 146. The molecule has 0 aliphatic rings. The second-order valence-corrected chi connectivity index (χ2v) is 3.71. The lowest BCUT2D eigenvalue weighted by Crippen LogP contribution is -2.30. The fourth-order valence-corrected chi connectivity index (χ4v) is 0.940. The molecule has 0 aromatic carbocycles. The molecule has 2 nitrogen and oxygen atoms in total. The van der Waals surface area contributed by atoms with E-state index in [1.807, 2.05) is 0 Å². The summed E-state index contributed by atoms with van der Waals surface area (Å²) in [5.41, 5.74) is 0.271. The Hall–Kier alpha value is -0.520. The predicted molar refractivity (Wildman–Crippen MR) is 52.0 cm³/mol. The van der Waals surface area contributed by atoms with Crippen LogP contribution < -0.4 is 5.32 Å². The summed E-state index contributed by atoms with van der Waals surface area (Å²) in [6, 6.07) is 0. The van der Waals surface area contributed by atoms with Crippen molar-refractivity contribution < 1.29 is 4.74 Å². The average molecular weight is 169 g/mol. The highest BCUT2D eigenvalue weighted by Gasteiger charge is 2.16. The fourth-order valence-electron chi connectivity index (χ4n) is 0.940. The number of terminal acetylenes is 1. The van der Waals surface area contributed by atoms with Gasteiger partial charge in [0.05, 0.1) is 6.54 Å². The summed E-state index contributed by atoms with van der Waals surface area (Å²) in [4.78, 5) is 0. The molecule has 0 bridgehead atoms. The van der Waals surface area contributed by atoms with Gasteiger partial charge in [0, 0.05) is 20.3 Å². The van der Waals surface area contributed by atoms with E-state index in [0.717, 1.165) is 19.6 Å². The highest BCUT2D eigenvalue weighted by atomic mass is 16.5. The number of hydrogen-bond donors (Lipinski definition) is 1. The largest absolute Gasteiger partial charge is 0.385 e. The maximum absolute atomic E-state index is 5.12. The Balaban J connectivity index is 3.50. The topological polar surface area (TPSA) is 21.3 Å². The summed E-state index contributed by atoms with van der Waals surface area (Å²) in [7, 11) is 1.73. The average Bonchev–Trinajstić information content (AvgIpc) is 2.01. The van der Waals surface area contributed by atoms with Gasteiger partial charge in [-0.05, 0) is 11.8 Å². The monoisotopic (exact) mass is 169 g/mol. The second kappa shape index (κ2) is 6.05. The third kappa shape index (κ3) is 6.21. The number of rotatable bonds is 6. The van der Waals surface area contributed by atoms with Crippen LogP contribution >= 0.6 is 0 Å². The molecule has 0 aliphatic heterocycles. The second-order valence-electron chi connectivity index (χ2n) is 3.71. The number of nitrogens with one attached hydrogen (secondary N) is 1. The Kier molecular flexibility index (Phi) is 5.79. The molecule has 0 aromatic rings. The molecular weight excluding hydrogens is 150 g/mol. The molecule has 0 radical (unpaired) electrons. The van der Waals surface area contributed by atoms with E-state index in [1.165, 1.54) is 0 Å². The van der Waals surface area contributed by atoms with Crippen molar-refractivity contribution in [2.45, 2.75) is 20.3 Å². The summed E-state index contributed by atoms with van der Waals surface area (Å²) in [5, 5.41) is 3.19. The molecule has 0 rings (SSSR count). The van der Waals surface area contributed by atoms with Gasteiger partial charge >= 0.3 is 0 Å². The van der Waals surface area contributed by atoms with E-state index in [9.17, 15) is 0 Å². The quantitative estimate of drug-likeness (QED) is 0.477. The third-order valence-corrected chi connectivity index (χ3v) is 1.81. The highest BCUT2D eigenvalue weighted by Crippen LogP contribution is 2.18. The van der Waals surface area contributed by atoms with E-state index in [4.69, 9.17) is 11.2 Å². The Morgan fingerprint density at radius 2 is 2.17 bits per heavy atom. The molecule has 1 N–H and O–H groups in total. The van der Waals surface area contributed by atoms with E-state index >= 15 is 0 Å². The van der Waals surface area contributed by atoms with Gasteiger partial charge in [0.2, 0.25) is 0 Å². The molecule has 0 saturated heterocycles.